The first-order valence-corrected chi connectivity index (χ1v) is 8.57. The van der Waals surface area contributed by atoms with Crippen LogP contribution in [0.1, 0.15) is 49.7 Å². The Morgan fingerprint density at radius 1 is 0.773 bits per heavy atom. The molecule has 2 nitrogen and oxygen atoms in total. The van der Waals surface area contributed by atoms with Crippen molar-refractivity contribution in [3.63, 3.8) is 0 Å². The van der Waals surface area contributed by atoms with E-state index in [0.29, 0.717) is 23.3 Å². The number of hydrogen-bond acceptors (Lipinski definition) is 2. The lowest BCUT2D eigenvalue weighted by Gasteiger charge is -2.35. The minimum absolute atomic E-state index is 0.0495. The van der Waals surface area contributed by atoms with Gasteiger partial charge in [0.2, 0.25) is 0 Å². The molecule has 0 amide bonds. The molecule has 2 saturated carbocycles. The first kappa shape index (κ1) is 12.8. The Kier molecular flexibility index (Phi) is 2.32. The van der Waals surface area contributed by atoms with E-state index in [9.17, 15) is 10.2 Å². The number of hydrogen-bond donors (Lipinski definition) is 2. The maximum atomic E-state index is 10.7. The zero-order valence-corrected chi connectivity index (χ0v) is 12.8. The summed E-state index contributed by atoms with van der Waals surface area (Å²) in [5, 5.41) is 21.4. The third-order valence-electron chi connectivity index (χ3n) is 6.71. The zero-order valence-electron chi connectivity index (χ0n) is 12.8. The number of phenols is 2. The standard InChI is InChI=1S/C20H22O2/c21-15-1-2-16(22)18(20-9-5-14(12-20)6-10-20)17(15)19-7-3-13(11-19)4-8-19/h1-3,5,7,9,13-14,21-22H,4,6,8,10-12H2. The van der Waals surface area contributed by atoms with Crippen molar-refractivity contribution in [1.29, 1.82) is 0 Å². The van der Waals surface area contributed by atoms with Crippen molar-refractivity contribution in [2.75, 3.05) is 0 Å². The van der Waals surface area contributed by atoms with Crippen LogP contribution < -0.4 is 0 Å². The fraction of sp³-hybridized carbons (Fsp3) is 0.500. The quantitative estimate of drug-likeness (QED) is 0.630. The molecule has 2 fully saturated rings. The van der Waals surface area contributed by atoms with Gasteiger partial charge in [0.25, 0.3) is 0 Å². The normalized spacial score (nSPS) is 40.9. The average molecular weight is 294 g/mol. The summed E-state index contributed by atoms with van der Waals surface area (Å²) in [4.78, 5) is 0. The van der Waals surface area contributed by atoms with E-state index >= 15 is 0 Å². The molecule has 0 aromatic heterocycles. The molecule has 0 saturated heterocycles. The van der Waals surface area contributed by atoms with Gasteiger partial charge in [0.15, 0.2) is 0 Å². The van der Waals surface area contributed by atoms with E-state index in [1.54, 1.807) is 12.1 Å². The van der Waals surface area contributed by atoms with Gasteiger partial charge in [-0.2, -0.15) is 0 Å². The molecule has 0 spiro atoms. The second-order valence-electron chi connectivity index (χ2n) is 7.89. The molecule has 2 heteroatoms. The molecule has 5 rings (SSSR count). The van der Waals surface area contributed by atoms with Crippen molar-refractivity contribution in [3.05, 3.63) is 47.6 Å². The second kappa shape index (κ2) is 3.98. The zero-order chi connectivity index (χ0) is 14.9. The van der Waals surface area contributed by atoms with Crippen LogP contribution >= 0.6 is 0 Å². The smallest absolute Gasteiger partial charge is 0.120 e. The Morgan fingerprint density at radius 2 is 1.23 bits per heavy atom. The summed E-state index contributed by atoms with van der Waals surface area (Å²) in [6.45, 7) is 0. The first-order valence-electron chi connectivity index (χ1n) is 8.57. The molecule has 4 bridgehead atoms. The maximum Gasteiger partial charge on any atom is 0.120 e. The Hall–Kier alpha value is -1.70. The van der Waals surface area contributed by atoms with Crippen LogP contribution in [0.3, 0.4) is 0 Å². The Bertz CT molecular complexity index is 656. The van der Waals surface area contributed by atoms with Crippen molar-refractivity contribution in [2.45, 2.75) is 49.4 Å². The Balaban J connectivity index is 1.77. The summed E-state index contributed by atoms with van der Waals surface area (Å²) in [6, 6.07) is 3.37. The van der Waals surface area contributed by atoms with Crippen molar-refractivity contribution >= 4 is 0 Å². The number of phenolic OH excluding ortho intramolecular Hbond substituents is 2. The topological polar surface area (TPSA) is 40.5 Å². The fourth-order valence-corrected chi connectivity index (χ4v) is 5.71. The third kappa shape index (κ3) is 1.46. The fourth-order valence-electron chi connectivity index (χ4n) is 5.71. The van der Waals surface area contributed by atoms with Gasteiger partial charge in [-0.3, -0.25) is 0 Å². The monoisotopic (exact) mass is 294 g/mol. The van der Waals surface area contributed by atoms with Gasteiger partial charge in [0, 0.05) is 22.0 Å². The summed E-state index contributed by atoms with van der Waals surface area (Å²) < 4.78 is 0. The van der Waals surface area contributed by atoms with Crippen molar-refractivity contribution in [3.8, 4) is 11.5 Å². The maximum absolute atomic E-state index is 10.7. The van der Waals surface area contributed by atoms with E-state index < -0.39 is 0 Å². The van der Waals surface area contributed by atoms with Crippen molar-refractivity contribution in [2.24, 2.45) is 11.8 Å². The molecule has 1 aromatic carbocycles. The molecule has 2 N–H and O–H groups in total. The number of aromatic hydroxyl groups is 2. The SMILES string of the molecule is Oc1ccc(O)c(C23C=CC(CC2)C3)c1C12C=CC(CC1)C2. The van der Waals surface area contributed by atoms with Gasteiger partial charge < -0.3 is 10.2 Å². The highest BCUT2D eigenvalue weighted by atomic mass is 16.3. The number of benzene rings is 1. The molecule has 1 aromatic rings. The molecule has 4 aliphatic carbocycles. The van der Waals surface area contributed by atoms with Crippen LogP contribution in [0.2, 0.25) is 0 Å². The van der Waals surface area contributed by atoms with E-state index in [4.69, 9.17) is 0 Å². The molecular weight excluding hydrogens is 272 g/mol. The predicted octanol–water partition coefficient (Wildman–Crippen LogP) is 4.31. The van der Waals surface area contributed by atoms with Crippen LogP contribution in [0, 0.1) is 11.8 Å². The molecule has 4 aliphatic rings. The lowest BCUT2D eigenvalue weighted by atomic mass is 9.69. The lowest BCUT2D eigenvalue weighted by Crippen LogP contribution is -2.27. The third-order valence-corrected chi connectivity index (χ3v) is 6.71. The van der Waals surface area contributed by atoms with E-state index in [1.807, 2.05) is 0 Å². The summed E-state index contributed by atoms with van der Waals surface area (Å²) >= 11 is 0. The molecule has 4 unspecified atom stereocenters. The highest BCUT2D eigenvalue weighted by Crippen LogP contribution is 2.60. The highest BCUT2D eigenvalue weighted by molar-refractivity contribution is 5.60. The van der Waals surface area contributed by atoms with Crippen LogP contribution in [0.4, 0.5) is 0 Å². The largest absolute Gasteiger partial charge is 0.508 e. The molecular formula is C20H22O2. The molecule has 0 aliphatic heterocycles. The van der Waals surface area contributed by atoms with Gasteiger partial charge in [-0.05, 0) is 62.5 Å². The number of fused-ring (bicyclic) bond motifs is 4. The molecule has 0 radical (unpaired) electrons. The Morgan fingerprint density at radius 3 is 1.50 bits per heavy atom. The van der Waals surface area contributed by atoms with Gasteiger partial charge in [0.1, 0.15) is 11.5 Å². The van der Waals surface area contributed by atoms with E-state index in [-0.39, 0.29) is 10.8 Å². The van der Waals surface area contributed by atoms with Gasteiger partial charge in [0.05, 0.1) is 0 Å². The van der Waals surface area contributed by atoms with Gasteiger partial charge >= 0.3 is 0 Å². The van der Waals surface area contributed by atoms with Crippen LogP contribution in [-0.2, 0) is 10.8 Å². The molecule has 4 atom stereocenters. The van der Waals surface area contributed by atoms with Crippen molar-refractivity contribution in [1.82, 2.24) is 0 Å². The summed E-state index contributed by atoms with van der Waals surface area (Å²) in [6.07, 6.45) is 16.0. The highest BCUT2D eigenvalue weighted by Gasteiger charge is 2.51. The predicted molar refractivity (Wildman–Crippen MR) is 86.1 cm³/mol. The van der Waals surface area contributed by atoms with E-state index in [1.165, 1.54) is 12.8 Å². The molecule has 0 heterocycles. The summed E-state index contributed by atoms with van der Waals surface area (Å²) in [7, 11) is 0. The van der Waals surface area contributed by atoms with Crippen molar-refractivity contribution < 1.29 is 10.2 Å². The number of allylic oxidation sites excluding steroid dienone is 4. The average Bonchev–Trinajstić information content (AvgIpc) is 3.29. The van der Waals surface area contributed by atoms with Crippen LogP contribution in [-0.4, -0.2) is 10.2 Å². The Labute approximate surface area is 131 Å². The second-order valence-corrected chi connectivity index (χ2v) is 7.89. The van der Waals surface area contributed by atoms with E-state index in [2.05, 4.69) is 24.3 Å². The molecule has 22 heavy (non-hydrogen) atoms. The van der Waals surface area contributed by atoms with E-state index in [0.717, 1.165) is 36.8 Å². The minimum atomic E-state index is -0.0495. The lowest BCUT2D eigenvalue weighted by molar-refractivity contribution is 0.406. The summed E-state index contributed by atoms with van der Waals surface area (Å²) in [5.74, 6) is 2.06. The van der Waals surface area contributed by atoms with Crippen LogP contribution in [0.15, 0.2) is 36.4 Å². The van der Waals surface area contributed by atoms with Gasteiger partial charge in [-0.15, -0.1) is 0 Å². The first-order chi connectivity index (χ1) is 10.6. The van der Waals surface area contributed by atoms with Gasteiger partial charge in [-0.25, -0.2) is 0 Å². The van der Waals surface area contributed by atoms with Crippen LogP contribution in [0.25, 0.3) is 0 Å². The van der Waals surface area contributed by atoms with Crippen LogP contribution in [0.5, 0.6) is 11.5 Å². The minimum Gasteiger partial charge on any atom is -0.508 e. The summed E-state index contributed by atoms with van der Waals surface area (Å²) in [5.41, 5.74) is 1.95. The molecule has 114 valence electrons. The number of rotatable bonds is 2. The van der Waals surface area contributed by atoms with Gasteiger partial charge in [-0.1, -0.05) is 24.3 Å².